The van der Waals surface area contributed by atoms with Gasteiger partial charge < -0.3 is 4.74 Å². The Hall–Kier alpha value is -2.84. The van der Waals surface area contributed by atoms with E-state index in [0.717, 1.165) is 0 Å². The van der Waals surface area contributed by atoms with Gasteiger partial charge in [-0.05, 0) is 48.0 Å². The Morgan fingerprint density at radius 1 is 1.03 bits per heavy atom. The molecule has 0 saturated carbocycles. The first-order valence-electron chi connectivity index (χ1n) is 9.62. The van der Waals surface area contributed by atoms with Crippen LogP contribution >= 0.6 is 11.6 Å². The lowest BCUT2D eigenvalue weighted by atomic mass is 10.0. The number of benzene rings is 3. The first-order chi connectivity index (χ1) is 15.2. The van der Waals surface area contributed by atoms with Gasteiger partial charge in [-0.25, -0.2) is 0 Å². The Morgan fingerprint density at radius 2 is 1.75 bits per heavy atom. The second-order valence-corrected chi connectivity index (χ2v) is 8.95. The van der Waals surface area contributed by atoms with Crippen LogP contribution < -0.4 is 9.75 Å². The number of hydrogen-bond acceptors (Lipinski definition) is 4. The quantitative estimate of drug-likeness (QED) is 0.408. The Balaban J connectivity index is 1.60. The van der Waals surface area contributed by atoms with Crippen LogP contribution in [-0.4, -0.2) is 22.4 Å². The minimum atomic E-state index is -4.53. The Labute approximate surface area is 190 Å². The molecule has 0 aliphatic carbocycles. The van der Waals surface area contributed by atoms with Crippen molar-refractivity contribution in [2.75, 3.05) is 11.3 Å². The molecular formula is C23H18ClF3N2O2S. The minimum Gasteiger partial charge on any atom is -0.457 e. The lowest BCUT2D eigenvalue weighted by Crippen LogP contribution is -2.21. The number of anilines is 1. The fourth-order valence-corrected chi connectivity index (χ4v) is 4.19. The first kappa shape index (κ1) is 22.4. The Bertz CT molecular complexity index is 1180. The molecule has 0 N–H and O–H groups in total. The number of rotatable bonds is 5. The van der Waals surface area contributed by atoms with E-state index in [4.69, 9.17) is 16.3 Å². The maximum Gasteiger partial charge on any atom is 0.431 e. The van der Waals surface area contributed by atoms with Crippen molar-refractivity contribution in [2.24, 2.45) is 5.10 Å². The second kappa shape index (κ2) is 8.96. The van der Waals surface area contributed by atoms with E-state index in [1.807, 2.05) is 0 Å². The molecule has 1 heterocycles. The highest BCUT2D eigenvalue weighted by Crippen LogP contribution is 2.42. The summed E-state index contributed by atoms with van der Waals surface area (Å²) < 4.78 is 57.7. The van der Waals surface area contributed by atoms with E-state index >= 15 is 0 Å². The average Bonchev–Trinajstić information content (AvgIpc) is 3.20. The summed E-state index contributed by atoms with van der Waals surface area (Å²) in [5.74, 6) is 1.03. The molecular weight excluding hydrogens is 461 g/mol. The zero-order valence-corrected chi connectivity index (χ0v) is 18.4. The van der Waals surface area contributed by atoms with Gasteiger partial charge in [-0.3, -0.25) is 9.22 Å². The molecule has 166 valence electrons. The van der Waals surface area contributed by atoms with Crippen molar-refractivity contribution in [3.05, 3.63) is 83.4 Å². The van der Waals surface area contributed by atoms with Gasteiger partial charge in [-0.15, -0.1) is 0 Å². The van der Waals surface area contributed by atoms with Gasteiger partial charge in [0.15, 0.2) is 0 Å². The van der Waals surface area contributed by atoms with E-state index in [-0.39, 0.29) is 6.42 Å². The molecule has 0 amide bonds. The molecule has 3 aromatic carbocycles. The van der Waals surface area contributed by atoms with E-state index in [2.05, 4.69) is 5.10 Å². The standard InChI is InChI=1S/C23H18ClF3N2O2S/c1-32(30)18-6-4-5-17(13-18)31-16-11-9-15(10-12-16)21-14-22(23(25,26)27)28-29(21)20-8-3-2-7-19(20)24/h2-13,21H,14H2,1H3. The van der Waals surface area contributed by atoms with E-state index < -0.39 is 28.7 Å². The van der Waals surface area contributed by atoms with Crippen molar-refractivity contribution in [1.29, 1.82) is 0 Å². The molecule has 0 radical (unpaired) electrons. The van der Waals surface area contributed by atoms with Gasteiger partial charge in [0.1, 0.15) is 17.2 Å². The smallest absolute Gasteiger partial charge is 0.431 e. The maximum atomic E-state index is 13.4. The van der Waals surface area contributed by atoms with Gasteiger partial charge in [0.25, 0.3) is 0 Å². The number of hydrazone groups is 1. The normalized spacial score (nSPS) is 17.2. The van der Waals surface area contributed by atoms with Crippen molar-refractivity contribution in [3.8, 4) is 11.5 Å². The molecule has 2 atom stereocenters. The second-order valence-electron chi connectivity index (χ2n) is 7.16. The van der Waals surface area contributed by atoms with Gasteiger partial charge in [0, 0.05) is 28.4 Å². The minimum absolute atomic E-state index is 0.292. The lowest BCUT2D eigenvalue weighted by Gasteiger charge is -2.25. The maximum absolute atomic E-state index is 13.4. The SMILES string of the molecule is CS(=O)c1cccc(Oc2ccc(C3CC(C(F)(F)F)=NN3c3ccccc3Cl)cc2)c1. The van der Waals surface area contributed by atoms with Crippen LogP contribution in [0.15, 0.2) is 82.8 Å². The van der Waals surface area contributed by atoms with Crippen molar-refractivity contribution in [2.45, 2.75) is 23.5 Å². The Kier molecular flexibility index (Phi) is 6.26. The predicted octanol–water partition coefficient (Wildman–Crippen LogP) is 6.74. The third-order valence-electron chi connectivity index (χ3n) is 4.97. The molecule has 1 aliphatic heterocycles. The van der Waals surface area contributed by atoms with Crippen molar-refractivity contribution in [3.63, 3.8) is 0 Å². The molecule has 2 unspecified atom stereocenters. The molecule has 0 spiro atoms. The third kappa shape index (κ3) is 4.81. The summed E-state index contributed by atoms with van der Waals surface area (Å²) >= 11 is 6.24. The number of hydrogen-bond donors (Lipinski definition) is 0. The van der Waals surface area contributed by atoms with Crippen LogP contribution in [0.1, 0.15) is 18.0 Å². The van der Waals surface area contributed by atoms with Crippen LogP contribution in [0.2, 0.25) is 5.02 Å². The number of halogens is 4. The lowest BCUT2D eigenvalue weighted by molar-refractivity contribution is -0.0600. The molecule has 9 heteroatoms. The van der Waals surface area contributed by atoms with Gasteiger partial charge in [0.2, 0.25) is 0 Å². The van der Waals surface area contributed by atoms with E-state index in [1.165, 1.54) is 5.01 Å². The van der Waals surface area contributed by atoms with E-state index in [1.54, 1.807) is 79.1 Å². The number of nitrogens with zero attached hydrogens (tertiary/aromatic N) is 2. The monoisotopic (exact) mass is 478 g/mol. The highest BCUT2D eigenvalue weighted by atomic mass is 35.5. The first-order valence-corrected chi connectivity index (χ1v) is 11.6. The van der Waals surface area contributed by atoms with Gasteiger partial charge in [-0.2, -0.15) is 18.3 Å². The van der Waals surface area contributed by atoms with Crippen LogP contribution in [-0.2, 0) is 10.8 Å². The Morgan fingerprint density at radius 3 is 2.41 bits per heavy atom. The van der Waals surface area contributed by atoms with Crippen molar-refractivity contribution in [1.82, 2.24) is 0 Å². The number of para-hydroxylation sites is 1. The van der Waals surface area contributed by atoms with Crippen LogP contribution in [0, 0.1) is 0 Å². The molecule has 4 nitrogen and oxygen atoms in total. The van der Waals surface area contributed by atoms with E-state index in [9.17, 15) is 17.4 Å². The van der Waals surface area contributed by atoms with Gasteiger partial charge in [-0.1, -0.05) is 41.9 Å². The predicted molar refractivity (Wildman–Crippen MR) is 120 cm³/mol. The van der Waals surface area contributed by atoms with Gasteiger partial charge >= 0.3 is 6.18 Å². The molecule has 0 bridgehead atoms. The summed E-state index contributed by atoms with van der Waals surface area (Å²) in [4.78, 5) is 0.636. The highest BCUT2D eigenvalue weighted by Gasteiger charge is 2.43. The van der Waals surface area contributed by atoms with E-state index in [0.29, 0.717) is 32.7 Å². The van der Waals surface area contributed by atoms with Crippen molar-refractivity contribution >= 4 is 33.8 Å². The van der Waals surface area contributed by atoms with Crippen LogP contribution in [0.3, 0.4) is 0 Å². The highest BCUT2D eigenvalue weighted by molar-refractivity contribution is 7.84. The summed E-state index contributed by atoms with van der Waals surface area (Å²) in [5.41, 5.74) is 0.193. The zero-order valence-electron chi connectivity index (χ0n) is 16.8. The van der Waals surface area contributed by atoms with Crippen LogP contribution in [0.4, 0.5) is 18.9 Å². The molecule has 0 fully saturated rings. The molecule has 3 aromatic rings. The largest absolute Gasteiger partial charge is 0.457 e. The number of alkyl halides is 3. The summed E-state index contributed by atoms with van der Waals surface area (Å²) in [7, 11) is -1.14. The average molecular weight is 479 g/mol. The fourth-order valence-electron chi connectivity index (χ4n) is 3.41. The summed E-state index contributed by atoms with van der Waals surface area (Å²) in [6, 6.07) is 19.7. The molecule has 0 saturated heterocycles. The molecule has 0 aromatic heterocycles. The summed E-state index contributed by atoms with van der Waals surface area (Å²) in [6.07, 6.45) is -3.24. The molecule has 32 heavy (non-hydrogen) atoms. The fraction of sp³-hybridized carbons (Fsp3) is 0.174. The van der Waals surface area contributed by atoms with Gasteiger partial charge in [0.05, 0.1) is 16.8 Å². The molecule has 4 rings (SSSR count). The zero-order chi connectivity index (χ0) is 22.9. The summed E-state index contributed by atoms with van der Waals surface area (Å²) in [6.45, 7) is 0. The third-order valence-corrected chi connectivity index (χ3v) is 6.21. The van der Waals surface area contributed by atoms with Crippen LogP contribution in [0.25, 0.3) is 0 Å². The topological polar surface area (TPSA) is 41.9 Å². The molecule has 1 aliphatic rings. The van der Waals surface area contributed by atoms with Crippen molar-refractivity contribution < 1.29 is 22.1 Å². The van der Waals surface area contributed by atoms with Crippen LogP contribution in [0.5, 0.6) is 11.5 Å². The summed E-state index contributed by atoms with van der Waals surface area (Å²) in [5, 5.41) is 5.48. The number of ether oxygens (including phenoxy) is 1.